The Bertz CT molecular complexity index is 957. The van der Waals surface area contributed by atoms with Crippen LogP contribution in [0.15, 0.2) is 47.4 Å². The molecular formula is C21H17ClF3NOS. The van der Waals surface area contributed by atoms with Crippen LogP contribution in [-0.2, 0) is 0 Å². The lowest BCUT2D eigenvalue weighted by atomic mass is 9.96. The van der Waals surface area contributed by atoms with Crippen LogP contribution in [0.1, 0.15) is 29.6 Å². The molecule has 3 atom stereocenters. The molecule has 2 unspecified atom stereocenters. The van der Waals surface area contributed by atoms with Crippen molar-refractivity contribution in [3.63, 3.8) is 0 Å². The lowest BCUT2D eigenvalue weighted by molar-refractivity contribution is 0.102. The number of hydrogen-bond acceptors (Lipinski definition) is 2. The highest BCUT2D eigenvalue weighted by Crippen LogP contribution is 2.55. The summed E-state index contributed by atoms with van der Waals surface area (Å²) in [5, 5.41) is 3.35. The van der Waals surface area contributed by atoms with Crippen molar-refractivity contribution in [3.8, 4) is 0 Å². The number of amides is 1. The molecule has 4 rings (SSSR count). The molecule has 0 aromatic heterocycles. The molecule has 28 heavy (non-hydrogen) atoms. The van der Waals surface area contributed by atoms with Gasteiger partial charge in [0, 0.05) is 33.5 Å². The van der Waals surface area contributed by atoms with Gasteiger partial charge in [0.1, 0.15) is 0 Å². The monoisotopic (exact) mass is 423 g/mol. The van der Waals surface area contributed by atoms with Gasteiger partial charge in [-0.25, -0.2) is 13.2 Å². The minimum Gasteiger partial charge on any atom is -0.322 e. The molecule has 2 aromatic rings. The van der Waals surface area contributed by atoms with E-state index in [0.717, 1.165) is 29.9 Å². The third kappa shape index (κ3) is 3.55. The fourth-order valence-corrected chi connectivity index (χ4v) is 5.92. The molecule has 0 heterocycles. The zero-order valence-electron chi connectivity index (χ0n) is 14.8. The molecule has 0 spiro atoms. The Balaban J connectivity index is 1.53. The smallest absolute Gasteiger partial charge is 0.255 e. The predicted molar refractivity (Wildman–Crippen MR) is 105 cm³/mol. The van der Waals surface area contributed by atoms with Crippen molar-refractivity contribution < 1.29 is 18.0 Å². The third-order valence-corrected chi connectivity index (χ3v) is 7.48. The summed E-state index contributed by atoms with van der Waals surface area (Å²) < 4.78 is 39.8. The maximum Gasteiger partial charge on any atom is 0.255 e. The lowest BCUT2D eigenvalue weighted by Crippen LogP contribution is -2.13. The van der Waals surface area contributed by atoms with Crippen LogP contribution in [0.3, 0.4) is 0 Å². The zero-order chi connectivity index (χ0) is 20.0. The van der Waals surface area contributed by atoms with Crippen LogP contribution < -0.4 is 5.32 Å². The van der Waals surface area contributed by atoms with E-state index in [0.29, 0.717) is 27.7 Å². The Morgan fingerprint density at radius 3 is 2.46 bits per heavy atom. The number of rotatable bonds is 4. The number of carbonyl (C=O) groups is 1. The van der Waals surface area contributed by atoms with E-state index in [4.69, 9.17) is 11.6 Å². The van der Waals surface area contributed by atoms with Gasteiger partial charge in [-0.3, -0.25) is 4.79 Å². The minimum atomic E-state index is -1.57. The summed E-state index contributed by atoms with van der Waals surface area (Å²) in [7, 11) is 0. The average molecular weight is 424 g/mol. The number of anilines is 1. The Morgan fingerprint density at radius 2 is 1.86 bits per heavy atom. The summed E-state index contributed by atoms with van der Waals surface area (Å²) in [5.41, 5.74) is 1.44. The normalized spacial score (nSPS) is 23.3. The molecule has 2 fully saturated rings. The number of thioether (sulfide) groups is 1. The van der Waals surface area contributed by atoms with Crippen LogP contribution >= 0.6 is 23.4 Å². The van der Waals surface area contributed by atoms with Crippen LogP contribution in [0.4, 0.5) is 18.9 Å². The van der Waals surface area contributed by atoms with Crippen molar-refractivity contribution in [3.05, 3.63) is 70.5 Å². The molecule has 0 radical (unpaired) electrons. The number of nitrogens with one attached hydrogen (secondary N) is 1. The van der Waals surface area contributed by atoms with E-state index in [1.165, 1.54) is 12.0 Å². The molecule has 2 aromatic carbocycles. The predicted octanol–water partition coefficient (Wildman–Crippen LogP) is 6.46. The standard InChI is InChI=1S/C21H17ClF3NOS/c1-10-6-11-2-4-14(10)20(11)28-18-7-12(3-5-15(18)22)21(27)26-13-8-16(23)19(25)17(24)9-13/h3,5,7-9,11,14,20H,1-2,4,6H2,(H,26,27)/t11?,14?,20-/m1/s1. The Morgan fingerprint density at radius 1 is 1.14 bits per heavy atom. The van der Waals surface area contributed by atoms with Gasteiger partial charge in [0.25, 0.3) is 5.91 Å². The zero-order valence-corrected chi connectivity index (χ0v) is 16.3. The molecule has 2 nitrogen and oxygen atoms in total. The second-order valence-electron chi connectivity index (χ2n) is 7.24. The summed E-state index contributed by atoms with van der Waals surface area (Å²) in [6.07, 6.45) is 3.36. The first kappa shape index (κ1) is 19.4. The van der Waals surface area contributed by atoms with Crippen LogP contribution in [0.5, 0.6) is 0 Å². The highest BCUT2D eigenvalue weighted by atomic mass is 35.5. The number of allylic oxidation sites excluding steroid dienone is 1. The first-order chi connectivity index (χ1) is 13.3. The van der Waals surface area contributed by atoms with Gasteiger partial charge in [-0.05, 0) is 49.3 Å². The van der Waals surface area contributed by atoms with Gasteiger partial charge in [0.05, 0.1) is 5.02 Å². The Kier molecular flexibility index (Phi) is 5.19. The van der Waals surface area contributed by atoms with Crippen LogP contribution in [-0.4, -0.2) is 11.2 Å². The maximum absolute atomic E-state index is 13.4. The average Bonchev–Trinajstić information content (AvgIpc) is 3.16. The fourth-order valence-electron chi connectivity index (χ4n) is 4.08. The van der Waals surface area contributed by atoms with Gasteiger partial charge in [0.2, 0.25) is 0 Å². The quantitative estimate of drug-likeness (QED) is 0.452. The van der Waals surface area contributed by atoms with Crippen molar-refractivity contribution in [2.45, 2.75) is 29.4 Å². The highest BCUT2D eigenvalue weighted by Gasteiger charge is 2.44. The van der Waals surface area contributed by atoms with Crippen LogP contribution in [0.25, 0.3) is 0 Å². The van der Waals surface area contributed by atoms with E-state index in [9.17, 15) is 18.0 Å². The van der Waals surface area contributed by atoms with Crippen molar-refractivity contribution >= 4 is 35.0 Å². The molecular weight excluding hydrogens is 407 g/mol. The molecule has 2 aliphatic carbocycles. The number of halogens is 4. The number of fused-ring (bicyclic) bond motifs is 2. The molecule has 2 saturated carbocycles. The fraction of sp³-hybridized carbons (Fsp3) is 0.286. The Labute approximate surface area is 170 Å². The van der Waals surface area contributed by atoms with Crippen molar-refractivity contribution in [2.75, 3.05) is 5.32 Å². The first-order valence-electron chi connectivity index (χ1n) is 8.93. The van der Waals surface area contributed by atoms with Crippen LogP contribution in [0, 0.1) is 29.3 Å². The summed E-state index contributed by atoms with van der Waals surface area (Å²) in [6, 6.07) is 6.34. The highest BCUT2D eigenvalue weighted by molar-refractivity contribution is 8.00. The van der Waals surface area contributed by atoms with Gasteiger partial charge in [-0.15, -0.1) is 11.8 Å². The molecule has 0 saturated heterocycles. The summed E-state index contributed by atoms with van der Waals surface area (Å²) in [6.45, 7) is 4.17. The van der Waals surface area contributed by atoms with E-state index in [1.54, 1.807) is 30.0 Å². The molecule has 2 aliphatic rings. The van der Waals surface area contributed by atoms with Gasteiger partial charge in [-0.1, -0.05) is 23.8 Å². The summed E-state index contributed by atoms with van der Waals surface area (Å²) in [5.74, 6) is -3.78. The van der Waals surface area contributed by atoms with Crippen molar-refractivity contribution in [2.24, 2.45) is 11.8 Å². The molecule has 2 bridgehead atoms. The Hall–Kier alpha value is -1.92. The van der Waals surface area contributed by atoms with Crippen molar-refractivity contribution in [1.29, 1.82) is 0 Å². The lowest BCUT2D eigenvalue weighted by Gasteiger charge is -2.16. The van der Waals surface area contributed by atoms with E-state index >= 15 is 0 Å². The molecule has 1 N–H and O–H groups in total. The van der Waals surface area contributed by atoms with Gasteiger partial charge < -0.3 is 5.32 Å². The van der Waals surface area contributed by atoms with Gasteiger partial charge in [0.15, 0.2) is 17.5 Å². The molecule has 0 aliphatic heterocycles. The first-order valence-corrected chi connectivity index (χ1v) is 10.2. The second-order valence-corrected chi connectivity index (χ2v) is 8.87. The van der Waals surface area contributed by atoms with E-state index in [2.05, 4.69) is 11.9 Å². The van der Waals surface area contributed by atoms with E-state index in [1.807, 2.05) is 0 Å². The maximum atomic E-state index is 13.4. The SMILES string of the molecule is C=C1CC2CCC1[C@@H]2Sc1cc(C(=O)Nc2cc(F)c(F)c(F)c2)ccc1Cl. The number of carbonyl (C=O) groups excluding carboxylic acids is 1. The topological polar surface area (TPSA) is 29.1 Å². The molecule has 7 heteroatoms. The summed E-state index contributed by atoms with van der Waals surface area (Å²) >= 11 is 8.00. The largest absolute Gasteiger partial charge is 0.322 e. The molecule has 146 valence electrons. The second kappa shape index (κ2) is 7.48. The number of hydrogen-bond donors (Lipinski definition) is 1. The van der Waals surface area contributed by atoms with Gasteiger partial charge >= 0.3 is 0 Å². The molecule has 1 amide bonds. The van der Waals surface area contributed by atoms with E-state index in [-0.39, 0.29) is 5.69 Å². The van der Waals surface area contributed by atoms with Crippen molar-refractivity contribution in [1.82, 2.24) is 0 Å². The van der Waals surface area contributed by atoms with Crippen LogP contribution in [0.2, 0.25) is 5.02 Å². The summed E-state index contributed by atoms with van der Waals surface area (Å²) in [4.78, 5) is 13.3. The van der Waals surface area contributed by atoms with E-state index < -0.39 is 23.4 Å². The number of benzene rings is 2. The minimum absolute atomic E-state index is 0.157. The van der Waals surface area contributed by atoms with Gasteiger partial charge in [-0.2, -0.15) is 0 Å². The third-order valence-electron chi connectivity index (χ3n) is 5.46.